The summed E-state index contributed by atoms with van der Waals surface area (Å²) in [5.74, 6) is 1.35. The summed E-state index contributed by atoms with van der Waals surface area (Å²) in [6.45, 7) is 3.07. The molecule has 1 unspecified atom stereocenters. The molecule has 10 heteroatoms. The van der Waals surface area contributed by atoms with Crippen molar-refractivity contribution in [2.75, 3.05) is 50.3 Å². The number of aliphatic hydroxyl groups is 1. The molecule has 2 aromatic rings. The second kappa shape index (κ2) is 10.0. The van der Waals surface area contributed by atoms with Crippen LogP contribution in [0.4, 0.5) is 17.1 Å². The molecule has 0 bridgehead atoms. The minimum Gasteiger partial charge on any atom is -0.494 e. The highest BCUT2D eigenvalue weighted by Gasteiger charge is 2.29. The van der Waals surface area contributed by atoms with Crippen molar-refractivity contribution in [3.8, 4) is 17.5 Å². The van der Waals surface area contributed by atoms with Crippen molar-refractivity contribution in [2.45, 2.75) is 44.1 Å². The Morgan fingerprint density at radius 3 is 2.35 bits per heavy atom. The van der Waals surface area contributed by atoms with Crippen molar-refractivity contribution in [1.29, 1.82) is 0 Å². The number of methoxy groups -OCH3 is 1. The molecule has 2 aliphatic heterocycles. The Balaban J connectivity index is 1.28. The molecule has 10 nitrogen and oxygen atoms in total. The van der Waals surface area contributed by atoms with E-state index in [1.807, 2.05) is 7.05 Å². The first-order valence-electron chi connectivity index (χ1n) is 11.8. The molecule has 1 aliphatic carbocycles. The lowest BCUT2D eigenvalue weighted by Gasteiger charge is -2.35. The molecule has 0 spiro atoms. The Labute approximate surface area is 199 Å². The van der Waals surface area contributed by atoms with Gasteiger partial charge in [0.15, 0.2) is 12.0 Å². The van der Waals surface area contributed by atoms with E-state index in [1.165, 1.54) is 0 Å². The highest BCUT2D eigenvalue weighted by molar-refractivity contribution is 5.88. The van der Waals surface area contributed by atoms with E-state index < -0.39 is 6.23 Å². The first kappa shape index (κ1) is 22.7. The average Bonchev–Trinajstić information content (AvgIpc) is 2.88. The number of morpholine rings is 1. The number of hydrogen-bond acceptors (Lipinski definition) is 10. The van der Waals surface area contributed by atoms with Crippen LogP contribution in [0.25, 0.3) is 0 Å². The summed E-state index contributed by atoms with van der Waals surface area (Å²) in [5, 5.41) is 10.3. The predicted molar refractivity (Wildman–Crippen MR) is 128 cm³/mol. The molecule has 34 heavy (non-hydrogen) atoms. The number of fused-ring (bicyclic) bond motifs is 1. The van der Waals surface area contributed by atoms with Crippen LogP contribution in [0.1, 0.15) is 25.7 Å². The number of anilines is 2. The van der Waals surface area contributed by atoms with E-state index in [2.05, 4.69) is 32.0 Å². The number of aromatic nitrogens is 2. The Bertz CT molecular complexity index is 1000. The third-order valence-electron chi connectivity index (χ3n) is 6.54. The lowest BCUT2D eigenvalue weighted by molar-refractivity contribution is 0.0749. The summed E-state index contributed by atoms with van der Waals surface area (Å²) >= 11 is 0. The van der Waals surface area contributed by atoms with Crippen molar-refractivity contribution in [3.63, 3.8) is 0 Å². The van der Waals surface area contributed by atoms with Crippen LogP contribution in [0.5, 0.6) is 17.5 Å². The third kappa shape index (κ3) is 4.88. The molecule has 1 atom stereocenters. The summed E-state index contributed by atoms with van der Waals surface area (Å²) in [6.07, 6.45) is 7.50. The van der Waals surface area contributed by atoms with Gasteiger partial charge in [-0.1, -0.05) is 0 Å². The van der Waals surface area contributed by atoms with Gasteiger partial charge in [-0.25, -0.2) is 0 Å². The Kier molecular flexibility index (Phi) is 6.68. The van der Waals surface area contributed by atoms with E-state index in [9.17, 15) is 5.11 Å². The second-order valence-corrected chi connectivity index (χ2v) is 8.75. The molecule has 5 rings (SSSR count). The molecular weight excluding hydrogens is 438 g/mol. The zero-order chi connectivity index (χ0) is 23.5. The van der Waals surface area contributed by atoms with Crippen LogP contribution >= 0.6 is 0 Å². The van der Waals surface area contributed by atoms with Gasteiger partial charge in [-0.2, -0.15) is 9.97 Å². The number of aliphatic imine (C=N–C) groups is 1. The van der Waals surface area contributed by atoms with E-state index >= 15 is 0 Å². The monoisotopic (exact) mass is 469 g/mol. The van der Waals surface area contributed by atoms with Crippen molar-refractivity contribution in [2.24, 2.45) is 4.99 Å². The van der Waals surface area contributed by atoms with Crippen LogP contribution in [0.3, 0.4) is 0 Å². The fraction of sp³-hybridized carbons (Fsp3) is 0.542. The number of hydrogen-bond donors (Lipinski definition) is 1. The summed E-state index contributed by atoms with van der Waals surface area (Å²) in [7, 11) is 3.44. The van der Waals surface area contributed by atoms with Crippen LogP contribution in [0.15, 0.2) is 29.5 Å². The van der Waals surface area contributed by atoms with Gasteiger partial charge < -0.3 is 33.9 Å². The van der Waals surface area contributed by atoms with Gasteiger partial charge in [0, 0.05) is 31.9 Å². The molecule has 3 aliphatic rings. The number of aliphatic hydroxyl groups excluding tert-OH is 1. The molecule has 182 valence electrons. The highest BCUT2D eigenvalue weighted by atomic mass is 16.5. The Morgan fingerprint density at radius 1 is 1.00 bits per heavy atom. The topological polar surface area (TPSA) is 102 Å². The predicted octanol–water partition coefficient (Wildman–Crippen LogP) is 2.56. The van der Waals surface area contributed by atoms with Crippen LogP contribution in [-0.4, -0.2) is 80.2 Å². The molecule has 2 fully saturated rings. The Morgan fingerprint density at radius 2 is 1.68 bits per heavy atom. The van der Waals surface area contributed by atoms with Gasteiger partial charge in [0.25, 0.3) is 0 Å². The van der Waals surface area contributed by atoms with E-state index in [0.29, 0.717) is 25.0 Å². The summed E-state index contributed by atoms with van der Waals surface area (Å²) in [6, 6.07) is 4.50. The van der Waals surface area contributed by atoms with Crippen molar-refractivity contribution in [1.82, 2.24) is 9.97 Å². The molecule has 1 aromatic carbocycles. The van der Waals surface area contributed by atoms with Gasteiger partial charge >= 0.3 is 6.01 Å². The lowest BCUT2D eigenvalue weighted by atomic mass is 9.95. The van der Waals surface area contributed by atoms with Crippen LogP contribution in [0, 0.1) is 0 Å². The number of ether oxygens (including phenoxy) is 4. The smallest absolute Gasteiger partial charge is 0.316 e. The first-order chi connectivity index (χ1) is 16.6. The van der Waals surface area contributed by atoms with Crippen molar-refractivity contribution in [3.05, 3.63) is 24.5 Å². The maximum Gasteiger partial charge on any atom is 0.316 e. The summed E-state index contributed by atoms with van der Waals surface area (Å²) in [5.41, 5.74) is 2.69. The van der Waals surface area contributed by atoms with E-state index in [4.69, 9.17) is 18.9 Å². The number of nitrogens with zero attached hydrogens (tertiary/aromatic N) is 5. The lowest BCUT2D eigenvalue weighted by Crippen LogP contribution is -2.37. The SMILES string of the molecule is COc1cnc(O[C@H]2CC[C@@H](Oc3cc(N4CCOCC4)cc4c3N(C)C(O)C=N4)CC2)nc1. The third-order valence-corrected chi connectivity index (χ3v) is 6.54. The zero-order valence-electron chi connectivity index (χ0n) is 19.6. The Hall–Kier alpha value is -3.11. The average molecular weight is 470 g/mol. The van der Waals surface area contributed by atoms with Crippen molar-refractivity contribution >= 4 is 23.3 Å². The largest absolute Gasteiger partial charge is 0.494 e. The second-order valence-electron chi connectivity index (χ2n) is 8.75. The summed E-state index contributed by atoms with van der Waals surface area (Å²) in [4.78, 5) is 17.0. The molecule has 1 aromatic heterocycles. The standard InChI is InChI=1S/C24H31N5O5/c1-28-22(30)15-25-20-11-16(29-7-9-32-10-8-29)12-21(23(20)28)33-17-3-5-18(6-4-17)34-24-26-13-19(31-2)14-27-24/h11-15,17-18,22,30H,3-10H2,1-2H3/t17-,18+,22?. The summed E-state index contributed by atoms with van der Waals surface area (Å²) < 4.78 is 23.1. The minimum absolute atomic E-state index is 0.0518. The molecule has 0 radical (unpaired) electrons. The van der Waals surface area contributed by atoms with E-state index in [0.717, 1.165) is 61.6 Å². The number of rotatable bonds is 6. The quantitative estimate of drug-likeness (QED) is 0.684. The maximum absolute atomic E-state index is 10.3. The minimum atomic E-state index is -0.780. The zero-order valence-corrected chi connectivity index (χ0v) is 19.6. The number of benzene rings is 1. The van der Waals surface area contributed by atoms with E-state index in [1.54, 1.807) is 30.6 Å². The fourth-order valence-electron chi connectivity index (χ4n) is 4.57. The fourth-order valence-corrected chi connectivity index (χ4v) is 4.57. The molecule has 1 N–H and O–H groups in total. The maximum atomic E-state index is 10.3. The van der Waals surface area contributed by atoms with Gasteiger partial charge in [-0.05, 0) is 31.7 Å². The first-order valence-corrected chi connectivity index (χ1v) is 11.8. The van der Waals surface area contributed by atoms with Gasteiger partial charge in [-0.15, -0.1) is 0 Å². The normalized spacial score (nSPS) is 24.5. The molecule has 1 saturated carbocycles. The highest BCUT2D eigenvalue weighted by Crippen LogP contribution is 2.45. The molecule has 0 amide bonds. The van der Waals surface area contributed by atoms with Crippen LogP contribution in [-0.2, 0) is 4.74 Å². The van der Waals surface area contributed by atoms with Crippen LogP contribution < -0.4 is 24.0 Å². The van der Waals surface area contributed by atoms with Gasteiger partial charge in [0.05, 0.1) is 50.7 Å². The van der Waals surface area contributed by atoms with E-state index in [-0.39, 0.29) is 12.2 Å². The van der Waals surface area contributed by atoms with Gasteiger partial charge in [0.2, 0.25) is 0 Å². The van der Waals surface area contributed by atoms with Crippen LogP contribution in [0.2, 0.25) is 0 Å². The van der Waals surface area contributed by atoms with Gasteiger partial charge in [-0.3, -0.25) is 4.99 Å². The molecule has 3 heterocycles. The van der Waals surface area contributed by atoms with Crippen molar-refractivity contribution < 1.29 is 24.1 Å². The molecular formula is C24H31N5O5. The van der Waals surface area contributed by atoms with Gasteiger partial charge in [0.1, 0.15) is 17.5 Å². The molecule has 1 saturated heterocycles.